The normalized spacial score (nSPS) is 14.3. The SMILES string of the molecule is N#Cc1ccc(NN=Nc2ccc(C(=N)N3CCOCC3)cc2)cc1. The van der Waals surface area contributed by atoms with Gasteiger partial charge in [-0.15, -0.1) is 5.11 Å². The van der Waals surface area contributed by atoms with Gasteiger partial charge in [0.15, 0.2) is 0 Å². The first-order valence-electron chi connectivity index (χ1n) is 7.95. The van der Waals surface area contributed by atoms with Crippen molar-refractivity contribution in [3.8, 4) is 6.07 Å². The minimum atomic E-state index is 0.502. The van der Waals surface area contributed by atoms with Crippen LogP contribution in [0.2, 0.25) is 0 Å². The fraction of sp³-hybridized carbons (Fsp3) is 0.222. The summed E-state index contributed by atoms with van der Waals surface area (Å²) in [5.74, 6) is 0.502. The van der Waals surface area contributed by atoms with Crippen molar-refractivity contribution in [3.63, 3.8) is 0 Å². The third-order valence-electron chi connectivity index (χ3n) is 3.83. The monoisotopic (exact) mass is 334 g/mol. The van der Waals surface area contributed by atoms with E-state index >= 15 is 0 Å². The largest absolute Gasteiger partial charge is 0.378 e. The summed E-state index contributed by atoms with van der Waals surface area (Å²) in [5, 5.41) is 25.1. The molecule has 0 amide bonds. The number of nitrogens with zero attached hydrogens (tertiary/aromatic N) is 4. The van der Waals surface area contributed by atoms with E-state index in [9.17, 15) is 0 Å². The summed E-state index contributed by atoms with van der Waals surface area (Å²) in [4.78, 5) is 2.01. The van der Waals surface area contributed by atoms with Crippen LogP contribution in [0.3, 0.4) is 0 Å². The molecule has 1 aliphatic rings. The Morgan fingerprint density at radius 1 is 1.08 bits per heavy atom. The molecule has 2 aromatic carbocycles. The number of hydrogen-bond donors (Lipinski definition) is 2. The standard InChI is InChI=1S/C18H18N6O/c19-13-14-1-5-16(6-2-14)21-23-22-17-7-3-15(4-8-17)18(20)24-9-11-25-12-10-24/h1-8,20H,9-12H2,(H,21,22). The van der Waals surface area contributed by atoms with E-state index in [-0.39, 0.29) is 0 Å². The van der Waals surface area contributed by atoms with E-state index in [0.29, 0.717) is 30.3 Å². The second kappa shape index (κ2) is 8.04. The van der Waals surface area contributed by atoms with Crippen molar-refractivity contribution in [1.82, 2.24) is 4.90 Å². The van der Waals surface area contributed by atoms with Gasteiger partial charge < -0.3 is 9.64 Å². The van der Waals surface area contributed by atoms with Crippen molar-refractivity contribution in [1.29, 1.82) is 10.7 Å². The van der Waals surface area contributed by atoms with Crippen molar-refractivity contribution in [3.05, 3.63) is 59.7 Å². The van der Waals surface area contributed by atoms with Gasteiger partial charge in [0.25, 0.3) is 0 Å². The van der Waals surface area contributed by atoms with E-state index in [2.05, 4.69) is 21.8 Å². The molecule has 2 aromatic rings. The lowest BCUT2D eigenvalue weighted by molar-refractivity contribution is 0.0680. The minimum absolute atomic E-state index is 0.502. The molecule has 0 aliphatic carbocycles. The summed E-state index contributed by atoms with van der Waals surface area (Å²) in [6.45, 7) is 2.81. The summed E-state index contributed by atoms with van der Waals surface area (Å²) in [6.07, 6.45) is 0. The van der Waals surface area contributed by atoms with E-state index in [1.54, 1.807) is 24.3 Å². The highest BCUT2D eigenvalue weighted by atomic mass is 16.5. The van der Waals surface area contributed by atoms with E-state index in [4.69, 9.17) is 15.4 Å². The average molecular weight is 334 g/mol. The molecule has 0 atom stereocenters. The summed E-state index contributed by atoms with van der Waals surface area (Å²) in [5.41, 5.74) is 5.72. The zero-order valence-corrected chi connectivity index (χ0v) is 13.6. The van der Waals surface area contributed by atoms with Crippen LogP contribution in [0, 0.1) is 16.7 Å². The van der Waals surface area contributed by atoms with Crippen LogP contribution in [-0.4, -0.2) is 37.0 Å². The van der Waals surface area contributed by atoms with Gasteiger partial charge in [0.2, 0.25) is 0 Å². The third kappa shape index (κ3) is 4.40. The molecule has 126 valence electrons. The number of rotatable bonds is 4. The first-order chi connectivity index (χ1) is 12.3. The summed E-state index contributed by atoms with van der Waals surface area (Å²) in [6, 6.07) is 16.4. The van der Waals surface area contributed by atoms with Crippen LogP contribution in [0.1, 0.15) is 11.1 Å². The molecule has 7 heteroatoms. The summed E-state index contributed by atoms with van der Waals surface area (Å²) < 4.78 is 5.31. The molecular weight excluding hydrogens is 316 g/mol. The van der Waals surface area contributed by atoms with Gasteiger partial charge in [-0.3, -0.25) is 10.8 Å². The van der Waals surface area contributed by atoms with E-state index < -0.39 is 0 Å². The number of ether oxygens (including phenoxy) is 1. The van der Waals surface area contributed by atoms with Crippen molar-refractivity contribution in [2.24, 2.45) is 10.3 Å². The number of benzene rings is 2. The maximum Gasteiger partial charge on any atom is 0.128 e. The number of nitriles is 1. The lowest BCUT2D eigenvalue weighted by atomic mass is 10.1. The molecule has 0 spiro atoms. The van der Waals surface area contributed by atoms with E-state index in [1.807, 2.05) is 29.2 Å². The molecular formula is C18H18N6O. The van der Waals surface area contributed by atoms with Gasteiger partial charge in [-0.25, -0.2) is 0 Å². The molecule has 25 heavy (non-hydrogen) atoms. The van der Waals surface area contributed by atoms with Crippen LogP contribution in [0.25, 0.3) is 0 Å². The Balaban J connectivity index is 1.58. The molecule has 1 saturated heterocycles. The van der Waals surface area contributed by atoms with Gasteiger partial charge in [-0.1, -0.05) is 5.22 Å². The van der Waals surface area contributed by atoms with Gasteiger partial charge in [-0.05, 0) is 48.5 Å². The first kappa shape index (κ1) is 16.6. The second-order valence-electron chi connectivity index (χ2n) is 5.50. The van der Waals surface area contributed by atoms with Crippen LogP contribution >= 0.6 is 0 Å². The number of morpholine rings is 1. The van der Waals surface area contributed by atoms with Gasteiger partial charge in [0.1, 0.15) is 5.84 Å². The minimum Gasteiger partial charge on any atom is -0.378 e. The fourth-order valence-corrected chi connectivity index (χ4v) is 2.42. The molecule has 0 saturated carbocycles. The highest BCUT2D eigenvalue weighted by Gasteiger charge is 2.14. The Kier molecular flexibility index (Phi) is 5.34. The van der Waals surface area contributed by atoms with Crippen LogP contribution < -0.4 is 5.43 Å². The first-order valence-corrected chi connectivity index (χ1v) is 7.95. The van der Waals surface area contributed by atoms with Gasteiger partial charge in [0.05, 0.1) is 36.2 Å². The molecule has 0 aromatic heterocycles. The highest BCUT2D eigenvalue weighted by Crippen LogP contribution is 2.16. The van der Waals surface area contributed by atoms with Crippen molar-refractivity contribution in [2.45, 2.75) is 0 Å². The van der Waals surface area contributed by atoms with Gasteiger partial charge in [-0.2, -0.15) is 5.26 Å². The molecule has 3 rings (SSSR count). The Labute approximate surface area is 146 Å². The van der Waals surface area contributed by atoms with Gasteiger partial charge >= 0.3 is 0 Å². The summed E-state index contributed by atoms with van der Waals surface area (Å²) >= 11 is 0. The highest BCUT2D eigenvalue weighted by molar-refractivity contribution is 5.96. The number of anilines is 1. The van der Waals surface area contributed by atoms with Crippen LogP contribution in [-0.2, 0) is 4.74 Å². The van der Waals surface area contributed by atoms with Crippen LogP contribution in [0.5, 0.6) is 0 Å². The number of hydrogen-bond acceptors (Lipinski definition) is 5. The third-order valence-corrected chi connectivity index (χ3v) is 3.83. The molecule has 0 unspecified atom stereocenters. The maximum atomic E-state index is 8.76. The predicted octanol–water partition coefficient (Wildman–Crippen LogP) is 3.33. The van der Waals surface area contributed by atoms with Crippen molar-refractivity contribution < 1.29 is 4.74 Å². The molecule has 0 radical (unpaired) electrons. The lowest BCUT2D eigenvalue weighted by Crippen LogP contribution is -2.40. The van der Waals surface area contributed by atoms with Gasteiger partial charge in [0, 0.05) is 18.7 Å². The lowest BCUT2D eigenvalue weighted by Gasteiger charge is -2.29. The maximum absolute atomic E-state index is 8.76. The smallest absolute Gasteiger partial charge is 0.128 e. The molecule has 0 bridgehead atoms. The zero-order valence-electron chi connectivity index (χ0n) is 13.6. The second-order valence-corrected chi connectivity index (χ2v) is 5.50. The predicted molar refractivity (Wildman–Crippen MR) is 95.0 cm³/mol. The topological polar surface area (TPSA) is 96.9 Å². The van der Waals surface area contributed by atoms with E-state index in [0.717, 1.165) is 24.3 Å². The van der Waals surface area contributed by atoms with Crippen molar-refractivity contribution >= 4 is 17.2 Å². The molecule has 1 heterocycles. The molecule has 2 N–H and O–H groups in total. The van der Waals surface area contributed by atoms with Crippen LogP contribution in [0.15, 0.2) is 58.9 Å². The Morgan fingerprint density at radius 3 is 2.40 bits per heavy atom. The quantitative estimate of drug-likeness (QED) is 0.388. The van der Waals surface area contributed by atoms with Crippen LogP contribution in [0.4, 0.5) is 11.4 Å². The Hall–Kier alpha value is -3.24. The Morgan fingerprint density at radius 2 is 1.76 bits per heavy atom. The zero-order chi connectivity index (χ0) is 17.5. The summed E-state index contributed by atoms with van der Waals surface area (Å²) in [7, 11) is 0. The average Bonchev–Trinajstić information content (AvgIpc) is 2.69. The number of amidine groups is 1. The van der Waals surface area contributed by atoms with Crippen molar-refractivity contribution in [2.75, 3.05) is 31.7 Å². The molecule has 1 fully saturated rings. The number of nitrogens with one attached hydrogen (secondary N) is 2. The van der Waals surface area contributed by atoms with E-state index in [1.165, 1.54) is 0 Å². The molecule has 1 aliphatic heterocycles. The Bertz CT molecular complexity index is 786. The fourth-order valence-electron chi connectivity index (χ4n) is 2.42. The molecule has 7 nitrogen and oxygen atoms in total.